The van der Waals surface area contributed by atoms with Crippen molar-refractivity contribution in [2.24, 2.45) is 0 Å². The molecule has 1 saturated heterocycles. The Morgan fingerprint density at radius 2 is 1.76 bits per heavy atom. The van der Waals surface area contributed by atoms with Crippen LogP contribution in [-0.2, 0) is 16.6 Å². The fourth-order valence-corrected chi connectivity index (χ4v) is 1.93. The second kappa shape index (κ2) is 6.77. The first kappa shape index (κ1) is 14.2. The van der Waals surface area contributed by atoms with Crippen molar-refractivity contribution in [1.29, 1.82) is 0 Å². The molecule has 17 heavy (non-hydrogen) atoms. The molecule has 2 rings (SSSR count). The second-order valence-electron chi connectivity index (χ2n) is 4.58. The minimum absolute atomic E-state index is 0.232. The first-order chi connectivity index (χ1) is 8.24. The summed E-state index contributed by atoms with van der Waals surface area (Å²) in [4.78, 5) is 0. The first-order valence-corrected chi connectivity index (χ1v) is 6.53. The fraction of sp³-hybridized carbons (Fsp3) is 0.600. The summed E-state index contributed by atoms with van der Waals surface area (Å²) in [6, 6.07) is 8.70. The summed E-state index contributed by atoms with van der Waals surface area (Å²) < 4.78 is 5.25. The summed E-state index contributed by atoms with van der Waals surface area (Å²) in [5.41, 5.74) is 2.90. The Labute approximate surface area is 105 Å². The molecule has 0 spiro atoms. The molecule has 96 valence electrons. The van der Waals surface area contributed by atoms with Crippen molar-refractivity contribution in [2.75, 3.05) is 19.8 Å². The van der Waals surface area contributed by atoms with Gasteiger partial charge in [-0.05, 0) is 24.0 Å². The Balaban J connectivity index is 0.000000686. The van der Waals surface area contributed by atoms with Crippen molar-refractivity contribution in [3.05, 3.63) is 35.4 Å². The van der Waals surface area contributed by atoms with E-state index in [-0.39, 0.29) is 12.0 Å². The molecule has 1 aromatic carbocycles. The van der Waals surface area contributed by atoms with E-state index in [1.54, 1.807) is 0 Å². The van der Waals surface area contributed by atoms with Crippen molar-refractivity contribution >= 4 is 0 Å². The molecule has 0 aliphatic carbocycles. The Morgan fingerprint density at radius 3 is 2.18 bits per heavy atom. The van der Waals surface area contributed by atoms with Gasteiger partial charge in [0, 0.05) is 12.0 Å². The SMILES string of the molecule is CC.CC1(c2ccc(CCCO)cc2)COC1. The predicted octanol–water partition coefficient (Wildman–Crippen LogP) is 2.93. The molecule has 1 fully saturated rings. The number of hydrogen-bond acceptors (Lipinski definition) is 2. The van der Waals surface area contributed by atoms with Gasteiger partial charge in [0.2, 0.25) is 0 Å². The standard InChI is InChI=1S/C13H18O2.C2H6/c1-13(9-15-10-13)12-6-4-11(5-7-12)3-2-8-14;1-2/h4-7,14H,2-3,8-10H2,1H3;1-2H3. The van der Waals surface area contributed by atoms with Gasteiger partial charge < -0.3 is 9.84 Å². The molecule has 1 N–H and O–H groups in total. The Hall–Kier alpha value is -0.860. The summed E-state index contributed by atoms with van der Waals surface area (Å²) >= 11 is 0. The minimum Gasteiger partial charge on any atom is -0.396 e. The molecule has 0 saturated carbocycles. The van der Waals surface area contributed by atoms with Gasteiger partial charge in [0.1, 0.15) is 0 Å². The molecule has 0 atom stereocenters. The number of ether oxygens (including phenoxy) is 1. The summed E-state index contributed by atoms with van der Waals surface area (Å²) in [7, 11) is 0. The lowest BCUT2D eigenvalue weighted by Gasteiger charge is -2.38. The quantitative estimate of drug-likeness (QED) is 0.871. The lowest BCUT2D eigenvalue weighted by atomic mass is 9.80. The van der Waals surface area contributed by atoms with Crippen LogP contribution in [-0.4, -0.2) is 24.9 Å². The van der Waals surface area contributed by atoms with Crippen molar-refractivity contribution < 1.29 is 9.84 Å². The van der Waals surface area contributed by atoms with Crippen molar-refractivity contribution in [1.82, 2.24) is 0 Å². The number of hydrogen-bond donors (Lipinski definition) is 1. The predicted molar refractivity (Wildman–Crippen MR) is 71.4 cm³/mol. The van der Waals surface area contributed by atoms with Crippen LogP contribution < -0.4 is 0 Å². The van der Waals surface area contributed by atoms with E-state index in [2.05, 4.69) is 31.2 Å². The molecule has 0 unspecified atom stereocenters. The third kappa shape index (κ3) is 3.55. The minimum atomic E-state index is 0.232. The van der Waals surface area contributed by atoms with Gasteiger partial charge in [-0.2, -0.15) is 0 Å². The number of aliphatic hydroxyl groups is 1. The Bertz CT molecular complexity index is 312. The van der Waals surface area contributed by atoms with Gasteiger partial charge in [-0.25, -0.2) is 0 Å². The maximum absolute atomic E-state index is 8.74. The van der Waals surface area contributed by atoms with E-state index in [0.717, 1.165) is 26.1 Å². The highest BCUT2D eigenvalue weighted by Crippen LogP contribution is 2.31. The average molecular weight is 236 g/mol. The third-order valence-electron chi connectivity index (χ3n) is 3.12. The van der Waals surface area contributed by atoms with Gasteiger partial charge >= 0.3 is 0 Å². The molecule has 0 radical (unpaired) electrons. The van der Waals surface area contributed by atoms with Crippen LogP contribution in [0.25, 0.3) is 0 Å². The van der Waals surface area contributed by atoms with Crippen molar-refractivity contribution in [3.8, 4) is 0 Å². The van der Waals surface area contributed by atoms with Crippen LogP contribution in [0.15, 0.2) is 24.3 Å². The van der Waals surface area contributed by atoms with Gasteiger partial charge in [-0.3, -0.25) is 0 Å². The van der Waals surface area contributed by atoms with Crippen LogP contribution in [0.2, 0.25) is 0 Å². The smallest absolute Gasteiger partial charge is 0.0582 e. The number of aryl methyl sites for hydroxylation is 1. The molecule has 0 bridgehead atoms. The van der Waals surface area contributed by atoms with Crippen molar-refractivity contribution in [2.45, 2.75) is 39.0 Å². The molecule has 1 aromatic rings. The molecule has 1 aliphatic rings. The Kier molecular flexibility index (Phi) is 5.66. The summed E-state index contributed by atoms with van der Waals surface area (Å²) in [6.07, 6.45) is 1.81. The highest BCUT2D eigenvalue weighted by molar-refractivity contribution is 5.30. The van der Waals surface area contributed by atoms with E-state index in [0.29, 0.717) is 0 Å². The highest BCUT2D eigenvalue weighted by Gasteiger charge is 2.34. The lowest BCUT2D eigenvalue weighted by Crippen LogP contribution is -2.43. The number of benzene rings is 1. The zero-order valence-electron chi connectivity index (χ0n) is 11.2. The van der Waals surface area contributed by atoms with E-state index >= 15 is 0 Å². The largest absolute Gasteiger partial charge is 0.396 e. The number of aliphatic hydroxyl groups excluding tert-OH is 1. The first-order valence-electron chi connectivity index (χ1n) is 6.53. The van der Waals surface area contributed by atoms with Gasteiger partial charge in [0.15, 0.2) is 0 Å². The number of rotatable bonds is 4. The van der Waals surface area contributed by atoms with Crippen LogP contribution in [0.5, 0.6) is 0 Å². The van der Waals surface area contributed by atoms with Crippen LogP contribution in [0, 0.1) is 0 Å². The molecule has 2 heteroatoms. The van der Waals surface area contributed by atoms with E-state index in [1.807, 2.05) is 13.8 Å². The van der Waals surface area contributed by atoms with Crippen LogP contribution in [0.4, 0.5) is 0 Å². The molecule has 1 aliphatic heterocycles. The molecular weight excluding hydrogens is 212 g/mol. The van der Waals surface area contributed by atoms with Crippen molar-refractivity contribution in [3.63, 3.8) is 0 Å². The lowest BCUT2D eigenvalue weighted by molar-refractivity contribution is -0.0500. The normalized spacial score (nSPS) is 16.7. The summed E-state index contributed by atoms with van der Waals surface area (Å²) in [5.74, 6) is 0. The molecule has 2 nitrogen and oxygen atoms in total. The Morgan fingerprint density at radius 1 is 1.18 bits per heavy atom. The van der Waals surface area contributed by atoms with E-state index < -0.39 is 0 Å². The zero-order chi connectivity index (χ0) is 12.7. The van der Waals surface area contributed by atoms with Gasteiger partial charge in [0.25, 0.3) is 0 Å². The van der Waals surface area contributed by atoms with Gasteiger partial charge in [-0.1, -0.05) is 45.0 Å². The molecule has 0 amide bonds. The monoisotopic (exact) mass is 236 g/mol. The highest BCUT2D eigenvalue weighted by atomic mass is 16.5. The molecular formula is C15H24O2. The van der Waals surface area contributed by atoms with E-state index in [9.17, 15) is 0 Å². The van der Waals surface area contributed by atoms with Crippen LogP contribution in [0.3, 0.4) is 0 Å². The zero-order valence-corrected chi connectivity index (χ0v) is 11.2. The maximum atomic E-state index is 8.74. The molecule has 0 aromatic heterocycles. The van der Waals surface area contributed by atoms with Crippen LogP contribution >= 0.6 is 0 Å². The van der Waals surface area contributed by atoms with E-state index in [4.69, 9.17) is 9.84 Å². The third-order valence-corrected chi connectivity index (χ3v) is 3.12. The topological polar surface area (TPSA) is 29.5 Å². The fourth-order valence-electron chi connectivity index (χ4n) is 1.93. The average Bonchev–Trinajstić information content (AvgIpc) is 2.36. The maximum Gasteiger partial charge on any atom is 0.0582 e. The summed E-state index contributed by atoms with van der Waals surface area (Å²) in [5, 5.41) is 8.74. The van der Waals surface area contributed by atoms with Gasteiger partial charge in [-0.15, -0.1) is 0 Å². The second-order valence-corrected chi connectivity index (χ2v) is 4.58. The van der Waals surface area contributed by atoms with Crippen LogP contribution in [0.1, 0.15) is 38.3 Å². The molecule has 1 heterocycles. The van der Waals surface area contributed by atoms with Gasteiger partial charge in [0.05, 0.1) is 13.2 Å². The summed E-state index contributed by atoms with van der Waals surface area (Å²) in [6.45, 7) is 8.18. The van der Waals surface area contributed by atoms with E-state index in [1.165, 1.54) is 11.1 Å².